The summed E-state index contributed by atoms with van der Waals surface area (Å²) < 4.78 is 27.4. The molecule has 1 aromatic rings. The van der Waals surface area contributed by atoms with Crippen LogP contribution in [0.1, 0.15) is 33.1 Å². The van der Waals surface area contributed by atoms with Gasteiger partial charge in [0.05, 0.1) is 5.69 Å². The van der Waals surface area contributed by atoms with Gasteiger partial charge in [0.2, 0.25) is 10.0 Å². The van der Waals surface area contributed by atoms with Crippen LogP contribution in [0.4, 0.5) is 5.69 Å². The van der Waals surface area contributed by atoms with E-state index in [9.17, 15) is 8.42 Å². The highest BCUT2D eigenvalue weighted by Gasteiger charge is 2.28. The third kappa shape index (κ3) is 4.18. The summed E-state index contributed by atoms with van der Waals surface area (Å²) in [6.45, 7) is 6.45. The van der Waals surface area contributed by atoms with Gasteiger partial charge in [-0.2, -0.15) is 0 Å². The van der Waals surface area contributed by atoms with Gasteiger partial charge >= 0.3 is 0 Å². The molecule has 1 fully saturated rings. The smallest absolute Gasteiger partial charge is 0.242 e. The maximum Gasteiger partial charge on any atom is 0.242 e. The highest BCUT2D eigenvalue weighted by atomic mass is 32.2. The Balaban J connectivity index is 2.24. The zero-order valence-corrected chi connectivity index (χ0v) is 13.6. The second-order valence-electron chi connectivity index (χ2n) is 5.83. The van der Waals surface area contributed by atoms with Gasteiger partial charge < -0.3 is 10.6 Å². The van der Waals surface area contributed by atoms with E-state index < -0.39 is 10.0 Å². The number of nitrogens with one attached hydrogen (secondary N) is 3. The van der Waals surface area contributed by atoms with Gasteiger partial charge in [0.15, 0.2) is 0 Å². The number of piperidine rings is 1. The lowest BCUT2D eigenvalue weighted by molar-refractivity contribution is 0.364. The number of rotatable bonds is 6. The van der Waals surface area contributed by atoms with Crippen LogP contribution in [0.15, 0.2) is 29.2 Å². The van der Waals surface area contributed by atoms with Gasteiger partial charge in [0, 0.05) is 12.1 Å². The lowest BCUT2D eigenvalue weighted by atomic mass is 9.90. The molecule has 1 saturated heterocycles. The van der Waals surface area contributed by atoms with Crippen LogP contribution >= 0.6 is 0 Å². The van der Waals surface area contributed by atoms with E-state index in [4.69, 9.17) is 0 Å². The topological polar surface area (TPSA) is 70.2 Å². The second kappa shape index (κ2) is 6.77. The Morgan fingerprint density at radius 2 is 1.90 bits per heavy atom. The van der Waals surface area contributed by atoms with Crippen molar-refractivity contribution in [3.63, 3.8) is 0 Å². The van der Waals surface area contributed by atoms with E-state index >= 15 is 0 Å². The molecule has 0 amide bonds. The van der Waals surface area contributed by atoms with Crippen LogP contribution in [-0.2, 0) is 10.0 Å². The number of sulfonamides is 1. The van der Waals surface area contributed by atoms with Crippen LogP contribution in [0.3, 0.4) is 0 Å². The largest absolute Gasteiger partial charge is 0.379 e. The minimum Gasteiger partial charge on any atom is -0.379 e. The summed E-state index contributed by atoms with van der Waals surface area (Å²) in [4.78, 5) is 0.332. The first-order chi connectivity index (χ1) is 9.97. The number of hydrogen-bond acceptors (Lipinski definition) is 4. The molecule has 21 heavy (non-hydrogen) atoms. The molecule has 5 nitrogen and oxygen atoms in total. The SMILES string of the molecule is CCCNS(=O)(=O)c1ccccc1NC1(C)CCNCC1. The zero-order valence-electron chi connectivity index (χ0n) is 12.8. The molecular weight excluding hydrogens is 286 g/mol. The van der Waals surface area contributed by atoms with Crippen molar-refractivity contribution in [3.05, 3.63) is 24.3 Å². The van der Waals surface area contributed by atoms with Gasteiger partial charge in [-0.1, -0.05) is 19.1 Å². The highest BCUT2D eigenvalue weighted by Crippen LogP contribution is 2.28. The normalized spacial score (nSPS) is 18.4. The Kier molecular flexibility index (Phi) is 5.24. The van der Waals surface area contributed by atoms with Crippen molar-refractivity contribution in [3.8, 4) is 0 Å². The molecule has 2 rings (SSSR count). The zero-order chi connectivity index (χ0) is 15.3. The average Bonchev–Trinajstić information content (AvgIpc) is 2.46. The van der Waals surface area contributed by atoms with Crippen LogP contribution in [-0.4, -0.2) is 33.6 Å². The molecule has 3 N–H and O–H groups in total. The molecule has 0 aliphatic carbocycles. The van der Waals surface area contributed by atoms with Crippen molar-refractivity contribution in [2.45, 2.75) is 43.5 Å². The predicted octanol–water partition coefficient (Wildman–Crippen LogP) is 1.93. The number of para-hydroxylation sites is 1. The summed E-state index contributed by atoms with van der Waals surface area (Å²) in [5.74, 6) is 0. The molecule has 1 heterocycles. The minimum absolute atomic E-state index is 0.0678. The summed E-state index contributed by atoms with van der Waals surface area (Å²) in [6, 6.07) is 7.13. The standard InChI is InChI=1S/C15H25N3O2S/c1-3-10-17-21(19,20)14-7-5-4-6-13(14)18-15(2)8-11-16-12-9-15/h4-7,16-18H,3,8-12H2,1-2H3. The molecule has 6 heteroatoms. The third-order valence-corrected chi connectivity index (χ3v) is 5.38. The number of hydrogen-bond donors (Lipinski definition) is 3. The Hall–Kier alpha value is -1.11. The fourth-order valence-corrected chi connectivity index (χ4v) is 3.84. The van der Waals surface area contributed by atoms with Gasteiger partial charge in [-0.3, -0.25) is 0 Å². The quantitative estimate of drug-likeness (QED) is 0.751. The lowest BCUT2D eigenvalue weighted by Gasteiger charge is -2.36. The fraction of sp³-hybridized carbons (Fsp3) is 0.600. The molecule has 118 valence electrons. The highest BCUT2D eigenvalue weighted by molar-refractivity contribution is 7.89. The molecule has 1 aromatic carbocycles. The monoisotopic (exact) mass is 311 g/mol. The van der Waals surface area contributed by atoms with Crippen molar-refractivity contribution in [2.24, 2.45) is 0 Å². The molecular formula is C15H25N3O2S. The van der Waals surface area contributed by atoms with E-state index in [1.165, 1.54) is 0 Å². The summed E-state index contributed by atoms with van der Waals surface area (Å²) >= 11 is 0. The van der Waals surface area contributed by atoms with Gasteiger partial charge in [-0.05, 0) is 51.4 Å². The first-order valence-electron chi connectivity index (χ1n) is 7.54. The van der Waals surface area contributed by atoms with Gasteiger partial charge in [0.25, 0.3) is 0 Å². The van der Waals surface area contributed by atoms with Gasteiger partial charge in [-0.15, -0.1) is 0 Å². The van der Waals surface area contributed by atoms with Crippen LogP contribution in [0, 0.1) is 0 Å². The predicted molar refractivity (Wildman–Crippen MR) is 86.1 cm³/mol. The molecule has 0 bridgehead atoms. The lowest BCUT2D eigenvalue weighted by Crippen LogP contribution is -2.45. The third-order valence-electron chi connectivity index (χ3n) is 3.86. The first kappa shape index (κ1) is 16.3. The van der Waals surface area contributed by atoms with Crippen LogP contribution in [0.5, 0.6) is 0 Å². The maximum absolute atomic E-state index is 12.4. The Bertz CT molecular complexity index is 566. The van der Waals surface area contributed by atoms with Crippen LogP contribution in [0.2, 0.25) is 0 Å². The fourth-order valence-electron chi connectivity index (χ4n) is 2.55. The molecule has 0 spiro atoms. The summed E-state index contributed by atoms with van der Waals surface area (Å²) in [6.07, 6.45) is 2.73. The van der Waals surface area contributed by atoms with Crippen LogP contribution in [0.25, 0.3) is 0 Å². The molecule has 0 aromatic heterocycles. The van der Waals surface area contributed by atoms with E-state index in [1.807, 2.05) is 19.1 Å². The van der Waals surface area contributed by atoms with Crippen LogP contribution < -0.4 is 15.4 Å². The van der Waals surface area contributed by atoms with Gasteiger partial charge in [0.1, 0.15) is 4.90 Å². The maximum atomic E-state index is 12.4. The average molecular weight is 311 g/mol. The van der Waals surface area contributed by atoms with E-state index in [-0.39, 0.29) is 5.54 Å². The minimum atomic E-state index is -3.46. The van der Waals surface area contributed by atoms with E-state index in [2.05, 4.69) is 22.3 Å². The van der Waals surface area contributed by atoms with Crippen molar-refractivity contribution in [1.29, 1.82) is 0 Å². The summed E-state index contributed by atoms with van der Waals surface area (Å²) in [5.41, 5.74) is 0.618. The number of anilines is 1. The molecule has 0 unspecified atom stereocenters. The van der Waals surface area contributed by atoms with E-state index in [0.717, 1.165) is 32.4 Å². The number of benzene rings is 1. The van der Waals surface area contributed by atoms with Crippen molar-refractivity contribution in [2.75, 3.05) is 25.0 Å². The molecule has 0 radical (unpaired) electrons. The van der Waals surface area contributed by atoms with E-state index in [1.54, 1.807) is 12.1 Å². The Morgan fingerprint density at radius 1 is 1.24 bits per heavy atom. The summed E-state index contributed by atoms with van der Waals surface area (Å²) in [5, 5.41) is 6.78. The van der Waals surface area contributed by atoms with Crippen molar-refractivity contribution < 1.29 is 8.42 Å². The Labute approximate surface area is 127 Å². The van der Waals surface area contributed by atoms with Crippen molar-refractivity contribution >= 4 is 15.7 Å². The molecule has 1 aliphatic heterocycles. The second-order valence-corrected chi connectivity index (χ2v) is 7.56. The Morgan fingerprint density at radius 3 is 2.57 bits per heavy atom. The van der Waals surface area contributed by atoms with Crippen molar-refractivity contribution in [1.82, 2.24) is 10.0 Å². The molecule has 1 aliphatic rings. The first-order valence-corrected chi connectivity index (χ1v) is 9.03. The van der Waals surface area contributed by atoms with E-state index in [0.29, 0.717) is 17.1 Å². The molecule has 0 saturated carbocycles. The summed E-state index contributed by atoms with van der Waals surface area (Å²) in [7, 11) is -3.46. The molecule has 0 atom stereocenters. The van der Waals surface area contributed by atoms with Gasteiger partial charge in [-0.25, -0.2) is 13.1 Å².